The Hall–Kier alpha value is -2.37. The number of rotatable bonds is 3. The molecule has 0 aliphatic carbocycles. The maximum absolute atomic E-state index is 9.86. The zero-order chi connectivity index (χ0) is 13.1. The Balaban J connectivity index is 2.32. The van der Waals surface area contributed by atoms with Gasteiger partial charge in [0, 0.05) is 25.8 Å². The maximum atomic E-state index is 9.86. The van der Waals surface area contributed by atoms with Gasteiger partial charge in [-0.05, 0) is 18.6 Å². The second-order valence-corrected chi connectivity index (χ2v) is 4.04. The van der Waals surface area contributed by atoms with E-state index in [0.29, 0.717) is 5.69 Å². The summed E-state index contributed by atoms with van der Waals surface area (Å²) in [6.07, 6.45) is 2.89. The molecule has 1 N–H and O–H groups in total. The van der Waals surface area contributed by atoms with Gasteiger partial charge < -0.3 is 14.4 Å². The molecule has 0 fully saturated rings. The summed E-state index contributed by atoms with van der Waals surface area (Å²) >= 11 is 0. The highest BCUT2D eigenvalue weighted by atomic mass is 16.4. The molecule has 2 aromatic rings. The average molecular weight is 246 g/mol. The lowest BCUT2D eigenvalue weighted by Crippen LogP contribution is -2.09. The SMILES string of the molecule is Cc1cc(/N=N/c2ncco2)c(O)cc1N(C)C. The van der Waals surface area contributed by atoms with E-state index < -0.39 is 0 Å². The van der Waals surface area contributed by atoms with Crippen molar-refractivity contribution >= 4 is 17.4 Å². The van der Waals surface area contributed by atoms with Crippen molar-refractivity contribution in [3.63, 3.8) is 0 Å². The molecular weight excluding hydrogens is 232 g/mol. The molecule has 0 bridgehead atoms. The molecule has 0 saturated carbocycles. The van der Waals surface area contributed by atoms with E-state index in [0.717, 1.165) is 11.3 Å². The number of aryl methyl sites for hydroxylation is 1. The summed E-state index contributed by atoms with van der Waals surface area (Å²) in [5, 5.41) is 17.6. The molecule has 6 heteroatoms. The number of phenols is 1. The van der Waals surface area contributed by atoms with Crippen LogP contribution in [0.1, 0.15) is 5.56 Å². The van der Waals surface area contributed by atoms with E-state index in [-0.39, 0.29) is 11.8 Å². The van der Waals surface area contributed by atoms with Crippen molar-refractivity contribution in [2.45, 2.75) is 6.92 Å². The van der Waals surface area contributed by atoms with Crippen molar-refractivity contribution < 1.29 is 9.52 Å². The summed E-state index contributed by atoms with van der Waals surface area (Å²) < 4.78 is 4.93. The Morgan fingerprint density at radius 2 is 2.06 bits per heavy atom. The quantitative estimate of drug-likeness (QED) is 0.844. The van der Waals surface area contributed by atoms with Crippen LogP contribution in [0.25, 0.3) is 0 Å². The summed E-state index contributed by atoms with van der Waals surface area (Å²) in [6.45, 7) is 1.94. The first-order valence-corrected chi connectivity index (χ1v) is 5.40. The van der Waals surface area contributed by atoms with Crippen molar-refractivity contribution in [2.75, 3.05) is 19.0 Å². The van der Waals surface area contributed by atoms with Gasteiger partial charge in [-0.1, -0.05) is 5.11 Å². The lowest BCUT2D eigenvalue weighted by molar-refractivity contribution is 0.476. The van der Waals surface area contributed by atoms with E-state index in [9.17, 15) is 5.11 Å². The molecule has 0 aliphatic heterocycles. The topological polar surface area (TPSA) is 74.2 Å². The van der Waals surface area contributed by atoms with Crippen LogP contribution in [0, 0.1) is 6.92 Å². The minimum atomic E-state index is 0.0691. The van der Waals surface area contributed by atoms with Gasteiger partial charge in [0.2, 0.25) is 0 Å². The molecule has 0 spiro atoms. The second-order valence-electron chi connectivity index (χ2n) is 4.04. The monoisotopic (exact) mass is 246 g/mol. The number of nitrogens with zero attached hydrogens (tertiary/aromatic N) is 4. The van der Waals surface area contributed by atoms with E-state index in [1.165, 1.54) is 12.5 Å². The third-order valence-corrected chi connectivity index (χ3v) is 2.44. The third kappa shape index (κ3) is 2.48. The minimum Gasteiger partial charge on any atom is -0.506 e. The van der Waals surface area contributed by atoms with Crippen molar-refractivity contribution in [3.8, 4) is 5.75 Å². The fourth-order valence-electron chi connectivity index (χ4n) is 1.59. The Labute approximate surface area is 105 Å². The average Bonchev–Trinajstić information content (AvgIpc) is 2.82. The zero-order valence-electron chi connectivity index (χ0n) is 10.5. The summed E-state index contributed by atoms with van der Waals surface area (Å²) in [6, 6.07) is 3.57. The van der Waals surface area contributed by atoms with E-state index in [2.05, 4.69) is 15.2 Å². The van der Waals surface area contributed by atoms with Gasteiger partial charge in [0.05, 0.1) is 6.20 Å². The molecule has 0 atom stereocenters. The number of azo groups is 1. The number of aromatic hydroxyl groups is 1. The van der Waals surface area contributed by atoms with Crippen LogP contribution >= 0.6 is 0 Å². The molecule has 0 aliphatic rings. The Kier molecular flexibility index (Phi) is 3.27. The van der Waals surface area contributed by atoms with Crippen molar-refractivity contribution in [1.29, 1.82) is 0 Å². The Bertz CT molecular complexity index is 562. The van der Waals surface area contributed by atoms with Crippen LogP contribution in [0.2, 0.25) is 0 Å². The summed E-state index contributed by atoms with van der Waals surface area (Å²) in [5.74, 6) is 0.0691. The van der Waals surface area contributed by atoms with Crippen LogP contribution in [0.3, 0.4) is 0 Å². The van der Waals surface area contributed by atoms with E-state index >= 15 is 0 Å². The first kappa shape index (κ1) is 12.1. The molecule has 0 unspecified atom stereocenters. The highest BCUT2D eigenvalue weighted by molar-refractivity contribution is 5.65. The number of benzene rings is 1. The largest absolute Gasteiger partial charge is 0.506 e. The molecule has 94 valence electrons. The van der Waals surface area contributed by atoms with Crippen LogP contribution < -0.4 is 4.90 Å². The van der Waals surface area contributed by atoms with Crippen LogP contribution in [-0.4, -0.2) is 24.2 Å². The molecule has 1 aromatic heterocycles. The first-order chi connectivity index (χ1) is 8.58. The standard InChI is InChI=1S/C12H14N4O2/c1-8-6-9(11(17)7-10(8)16(2)3)14-15-12-13-4-5-18-12/h4-7,17H,1-3H3/b15-14+. The van der Waals surface area contributed by atoms with E-state index in [1.54, 1.807) is 12.1 Å². The predicted molar refractivity (Wildman–Crippen MR) is 67.8 cm³/mol. The Morgan fingerprint density at radius 1 is 1.28 bits per heavy atom. The molecule has 2 rings (SSSR count). The third-order valence-electron chi connectivity index (χ3n) is 2.44. The second kappa shape index (κ2) is 4.87. The van der Waals surface area contributed by atoms with Gasteiger partial charge in [-0.15, -0.1) is 5.11 Å². The molecular formula is C12H14N4O2. The maximum Gasteiger partial charge on any atom is 0.340 e. The molecule has 1 aromatic carbocycles. The van der Waals surface area contributed by atoms with Crippen LogP contribution in [0.4, 0.5) is 17.4 Å². The van der Waals surface area contributed by atoms with Gasteiger partial charge in [0.1, 0.15) is 17.7 Å². The van der Waals surface area contributed by atoms with Gasteiger partial charge in [-0.25, -0.2) is 0 Å². The number of phenolic OH excluding ortho intramolecular Hbond substituents is 1. The number of anilines is 1. The van der Waals surface area contributed by atoms with Gasteiger partial charge >= 0.3 is 6.01 Å². The summed E-state index contributed by atoms with van der Waals surface area (Å²) in [5.41, 5.74) is 2.32. The fraction of sp³-hybridized carbons (Fsp3) is 0.250. The molecule has 0 saturated heterocycles. The number of aromatic nitrogens is 1. The zero-order valence-corrected chi connectivity index (χ0v) is 10.5. The van der Waals surface area contributed by atoms with Gasteiger partial charge in [0.25, 0.3) is 0 Å². The molecule has 6 nitrogen and oxygen atoms in total. The normalized spacial score (nSPS) is 11.1. The van der Waals surface area contributed by atoms with Crippen molar-refractivity contribution in [3.05, 3.63) is 30.2 Å². The van der Waals surface area contributed by atoms with E-state index in [4.69, 9.17) is 4.42 Å². The van der Waals surface area contributed by atoms with E-state index in [1.807, 2.05) is 25.9 Å². The number of hydrogen-bond donors (Lipinski definition) is 1. The molecule has 1 heterocycles. The van der Waals surface area contributed by atoms with Gasteiger partial charge in [0.15, 0.2) is 0 Å². The van der Waals surface area contributed by atoms with Crippen LogP contribution in [-0.2, 0) is 0 Å². The van der Waals surface area contributed by atoms with Gasteiger partial charge in [-0.3, -0.25) is 0 Å². The lowest BCUT2D eigenvalue weighted by Gasteiger charge is -2.16. The molecule has 0 amide bonds. The van der Waals surface area contributed by atoms with Crippen molar-refractivity contribution in [2.24, 2.45) is 10.2 Å². The first-order valence-electron chi connectivity index (χ1n) is 5.40. The fourth-order valence-corrected chi connectivity index (χ4v) is 1.59. The minimum absolute atomic E-state index is 0.0691. The number of oxazole rings is 1. The number of hydrogen-bond acceptors (Lipinski definition) is 6. The summed E-state index contributed by atoms with van der Waals surface area (Å²) in [4.78, 5) is 5.73. The smallest absolute Gasteiger partial charge is 0.340 e. The van der Waals surface area contributed by atoms with Crippen molar-refractivity contribution in [1.82, 2.24) is 4.98 Å². The highest BCUT2D eigenvalue weighted by Crippen LogP contribution is 2.34. The molecule has 0 radical (unpaired) electrons. The van der Waals surface area contributed by atoms with Crippen LogP contribution in [0.15, 0.2) is 39.2 Å². The lowest BCUT2D eigenvalue weighted by atomic mass is 10.1. The predicted octanol–water partition coefficient (Wildman–Crippen LogP) is 3.17. The highest BCUT2D eigenvalue weighted by Gasteiger charge is 2.08. The summed E-state index contributed by atoms with van der Waals surface area (Å²) in [7, 11) is 3.82. The molecule has 18 heavy (non-hydrogen) atoms. The Morgan fingerprint density at radius 3 is 2.67 bits per heavy atom. The van der Waals surface area contributed by atoms with Gasteiger partial charge in [-0.2, -0.15) is 4.98 Å². The van der Waals surface area contributed by atoms with Crippen LogP contribution in [0.5, 0.6) is 5.75 Å².